The molecule has 4 nitrogen and oxygen atoms in total. The van der Waals surface area contributed by atoms with Crippen LogP contribution >= 0.6 is 11.3 Å². The zero-order valence-corrected chi connectivity index (χ0v) is 11.7. The summed E-state index contributed by atoms with van der Waals surface area (Å²) in [4.78, 5) is 11.3. The molecule has 22 heavy (non-hydrogen) atoms. The molecule has 0 spiro atoms. The largest absolute Gasteiger partial charge is 0.417 e. The number of pyridine rings is 2. The van der Waals surface area contributed by atoms with Gasteiger partial charge in [0.15, 0.2) is 0 Å². The topological polar surface area (TPSA) is 56.2 Å². The van der Waals surface area contributed by atoms with Gasteiger partial charge in [-0.1, -0.05) is 0 Å². The summed E-state index contributed by atoms with van der Waals surface area (Å²) >= 11 is 0.852. The van der Waals surface area contributed by atoms with E-state index < -0.39 is 11.7 Å². The van der Waals surface area contributed by atoms with E-state index >= 15 is 0 Å². The summed E-state index contributed by atoms with van der Waals surface area (Å²) in [6, 6.07) is 4.17. The van der Waals surface area contributed by atoms with E-state index in [2.05, 4.69) is 14.8 Å². The van der Waals surface area contributed by atoms with Crippen molar-refractivity contribution in [3.05, 3.63) is 47.6 Å². The molecule has 3 aromatic rings. The second-order valence-electron chi connectivity index (χ2n) is 4.41. The molecule has 0 amide bonds. The summed E-state index contributed by atoms with van der Waals surface area (Å²) < 4.78 is 40.0. The maximum absolute atomic E-state index is 13.3. The van der Waals surface area contributed by atoms with Crippen LogP contribution in [-0.2, 0) is 6.18 Å². The van der Waals surface area contributed by atoms with E-state index in [-0.39, 0.29) is 26.6 Å². The van der Waals surface area contributed by atoms with Crippen LogP contribution in [0.3, 0.4) is 0 Å². The zero-order valence-electron chi connectivity index (χ0n) is 10.8. The van der Waals surface area contributed by atoms with E-state index in [0.29, 0.717) is 5.56 Å². The normalized spacial score (nSPS) is 11.5. The van der Waals surface area contributed by atoms with Gasteiger partial charge in [-0.25, -0.2) is 9.83 Å². The van der Waals surface area contributed by atoms with Crippen molar-refractivity contribution >= 4 is 32.2 Å². The molecule has 2 N–H and O–H groups in total. The van der Waals surface area contributed by atoms with E-state index in [0.717, 1.165) is 17.4 Å². The Bertz CT molecular complexity index is 894. The highest BCUT2D eigenvalue weighted by Gasteiger charge is 2.35. The van der Waals surface area contributed by atoms with Crippen molar-refractivity contribution in [1.82, 2.24) is 9.97 Å². The SMILES string of the molecule is [C-]#[N+]c1sc2nc(-c3cccnc3)cc(C(F)(F)F)c2c1N. The molecule has 110 valence electrons. The smallest absolute Gasteiger partial charge is 0.406 e. The Morgan fingerprint density at radius 1 is 1.32 bits per heavy atom. The number of nitrogen functional groups attached to an aromatic ring is 1. The molecule has 0 atom stereocenters. The number of anilines is 1. The van der Waals surface area contributed by atoms with Crippen molar-refractivity contribution < 1.29 is 13.2 Å². The predicted molar refractivity (Wildman–Crippen MR) is 78.5 cm³/mol. The molecule has 0 bridgehead atoms. The van der Waals surface area contributed by atoms with Crippen LogP contribution in [-0.4, -0.2) is 9.97 Å². The van der Waals surface area contributed by atoms with E-state index in [1.807, 2.05) is 0 Å². The third-order valence-corrected chi connectivity index (χ3v) is 4.04. The predicted octanol–water partition coefficient (Wildman–Crippen LogP) is 4.51. The van der Waals surface area contributed by atoms with Crippen LogP contribution in [0.2, 0.25) is 0 Å². The first-order chi connectivity index (χ1) is 10.4. The Labute approximate surface area is 126 Å². The zero-order chi connectivity index (χ0) is 15.9. The van der Waals surface area contributed by atoms with Gasteiger partial charge in [0, 0.05) is 23.3 Å². The molecule has 0 aliphatic heterocycles. The monoisotopic (exact) mass is 320 g/mol. The van der Waals surface area contributed by atoms with Crippen LogP contribution in [0.25, 0.3) is 26.3 Å². The number of thiophene rings is 1. The van der Waals surface area contributed by atoms with Gasteiger partial charge in [-0.2, -0.15) is 13.2 Å². The minimum absolute atomic E-state index is 0.0105. The average Bonchev–Trinajstić information content (AvgIpc) is 2.82. The average molecular weight is 320 g/mol. The van der Waals surface area contributed by atoms with E-state index in [1.165, 1.54) is 12.4 Å². The number of halogens is 3. The first-order valence-corrected chi connectivity index (χ1v) is 6.81. The summed E-state index contributed by atoms with van der Waals surface area (Å²) in [5, 5.41) is -0.201. The van der Waals surface area contributed by atoms with Gasteiger partial charge >= 0.3 is 6.18 Å². The molecule has 0 saturated carbocycles. The lowest BCUT2D eigenvalue weighted by Gasteiger charge is -2.11. The molecule has 3 heterocycles. The summed E-state index contributed by atoms with van der Waals surface area (Å²) in [6.45, 7) is 7.00. The van der Waals surface area contributed by atoms with Crippen molar-refractivity contribution in [2.24, 2.45) is 0 Å². The number of aromatic nitrogens is 2. The molecular formula is C14H7F3N4S. The van der Waals surface area contributed by atoms with E-state index in [1.54, 1.807) is 12.1 Å². The summed E-state index contributed by atoms with van der Waals surface area (Å²) in [7, 11) is 0. The summed E-state index contributed by atoms with van der Waals surface area (Å²) in [5.74, 6) is 0. The van der Waals surface area contributed by atoms with Crippen LogP contribution in [0.15, 0.2) is 30.6 Å². The molecule has 0 fully saturated rings. The first-order valence-electron chi connectivity index (χ1n) is 6.00. The fourth-order valence-electron chi connectivity index (χ4n) is 2.08. The van der Waals surface area contributed by atoms with Crippen molar-refractivity contribution in [3.8, 4) is 11.3 Å². The lowest BCUT2D eigenvalue weighted by atomic mass is 10.1. The molecule has 0 aliphatic rings. The number of hydrogen-bond acceptors (Lipinski definition) is 4. The van der Waals surface area contributed by atoms with Gasteiger partial charge in [-0.15, -0.1) is 11.3 Å². The van der Waals surface area contributed by atoms with Gasteiger partial charge in [-0.05, 0) is 18.2 Å². The third kappa shape index (κ3) is 2.25. The summed E-state index contributed by atoms with van der Waals surface area (Å²) in [5.41, 5.74) is 5.23. The molecule has 0 radical (unpaired) electrons. The van der Waals surface area contributed by atoms with Crippen molar-refractivity contribution in [2.45, 2.75) is 6.18 Å². The number of alkyl halides is 3. The quantitative estimate of drug-likeness (QED) is 0.671. The maximum atomic E-state index is 13.3. The van der Waals surface area contributed by atoms with Crippen LogP contribution in [0, 0.1) is 6.57 Å². The second-order valence-corrected chi connectivity index (χ2v) is 5.38. The Hall–Kier alpha value is -2.66. The van der Waals surface area contributed by atoms with Crippen molar-refractivity contribution in [3.63, 3.8) is 0 Å². The molecule has 3 aromatic heterocycles. The fraction of sp³-hybridized carbons (Fsp3) is 0.0714. The number of fused-ring (bicyclic) bond motifs is 1. The molecule has 3 rings (SSSR count). The van der Waals surface area contributed by atoms with E-state index in [4.69, 9.17) is 12.3 Å². The van der Waals surface area contributed by atoms with Crippen molar-refractivity contribution in [2.75, 3.05) is 5.73 Å². The van der Waals surface area contributed by atoms with Gasteiger partial charge in [-0.3, -0.25) is 4.98 Å². The van der Waals surface area contributed by atoms with Crippen LogP contribution < -0.4 is 5.73 Å². The number of hydrogen-bond donors (Lipinski definition) is 1. The number of nitrogens with two attached hydrogens (primary N) is 1. The minimum Gasteiger partial charge on any atom is -0.406 e. The van der Waals surface area contributed by atoms with Crippen LogP contribution in [0.5, 0.6) is 0 Å². The molecule has 8 heteroatoms. The Morgan fingerprint density at radius 2 is 2.09 bits per heavy atom. The molecular weight excluding hydrogens is 313 g/mol. The van der Waals surface area contributed by atoms with Crippen LogP contribution in [0.1, 0.15) is 5.56 Å². The fourth-order valence-corrected chi connectivity index (χ4v) is 2.98. The van der Waals surface area contributed by atoms with Crippen LogP contribution in [0.4, 0.5) is 23.9 Å². The van der Waals surface area contributed by atoms with Gasteiger partial charge in [0.1, 0.15) is 4.83 Å². The lowest BCUT2D eigenvalue weighted by Crippen LogP contribution is -2.07. The second kappa shape index (κ2) is 4.96. The Morgan fingerprint density at radius 3 is 2.68 bits per heavy atom. The molecule has 0 unspecified atom stereocenters. The van der Waals surface area contributed by atoms with Gasteiger partial charge in [0.25, 0.3) is 5.00 Å². The minimum atomic E-state index is -4.59. The highest BCUT2D eigenvalue weighted by molar-refractivity contribution is 7.23. The molecule has 0 aliphatic carbocycles. The van der Waals surface area contributed by atoms with Gasteiger partial charge < -0.3 is 5.73 Å². The third-order valence-electron chi connectivity index (χ3n) is 3.04. The highest BCUT2D eigenvalue weighted by atomic mass is 32.1. The Balaban J connectivity index is 2.38. The van der Waals surface area contributed by atoms with Gasteiger partial charge in [0.2, 0.25) is 0 Å². The summed E-state index contributed by atoms with van der Waals surface area (Å²) in [6.07, 6.45) is -1.64. The number of nitrogens with zero attached hydrogens (tertiary/aromatic N) is 3. The maximum Gasteiger partial charge on any atom is 0.417 e. The number of rotatable bonds is 1. The Kier molecular flexibility index (Phi) is 3.22. The van der Waals surface area contributed by atoms with E-state index in [9.17, 15) is 13.2 Å². The van der Waals surface area contributed by atoms with Crippen molar-refractivity contribution in [1.29, 1.82) is 0 Å². The highest BCUT2D eigenvalue weighted by Crippen LogP contribution is 2.46. The lowest BCUT2D eigenvalue weighted by molar-refractivity contribution is -0.136. The standard InChI is InChI=1S/C14H7F3N4S/c1-19-13-11(18)10-8(14(15,16)17)5-9(21-12(10)22-13)7-3-2-4-20-6-7/h2-6H,18H2. The van der Waals surface area contributed by atoms with Gasteiger partial charge in [0.05, 0.1) is 23.5 Å². The first kappa shape index (κ1) is 14.3. The molecule has 0 aromatic carbocycles. The molecule has 0 saturated heterocycles.